The van der Waals surface area contributed by atoms with Crippen molar-refractivity contribution in [1.82, 2.24) is 4.57 Å². The molecule has 0 saturated heterocycles. The number of amides is 1. The molecule has 0 bridgehead atoms. The number of anilines is 1. The van der Waals surface area contributed by atoms with Crippen molar-refractivity contribution in [3.05, 3.63) is 65.3 Å². The number of aromatic nitrogens is 1. The second kappa shape index (κ2) is 8.84. The minimum absolute atomic E-state index is 0.0190. The highest BCUT2D eigenvalue weighted by molar-refractivity contribution is 6.30. The van der Waals surface area contributed by atoms with E-state index in [-0.39, 0.29) is 12.3 Å². The van der Waals surface area contributed by atoms with E-state index < -0.39 is 5.97 Å². The molecule has 150 valence electrons. The number of halogens is 1. The lowest BCUT2D eigenvalue weighted by Gasteiger charge is -2.16. The minimum atomic E-state index is -0.857. The molecule has 3 aromatic rings. The molecule has 7 heteroatoms. The standard InChI is InChI=1S/C22H21ClN2O4/c1-14(26)24-16-4-6-17(7-5-16)25-18(9-12-22(27)28)8-11-20(25)19-10-3-15(23)13-21(19)29-2/h3-8,10-11,13H,9,12H2,1-2H3,(H,24,26)(H,27,28). The van der Waals surface area contributed by atoms with E-state index in [2.05, 4.69) is 5.32 Å². The zero-order valence-electron chi connectivity index (χ0n) is 16.1. The van der Waals surface area contributed by atoms with Gasteiger partial charge in [-0.1, -0.05) is 11.6 Å². The lowest BCUT2D eigenvalue weighted by molar-refractivity contribution is -0.137. The Kier molecular flexibility index (Phi) is 6.24. The van der Waals surface area contributed by atoms with Crippen LogP contribution in [0.25, 0.3) is 16.9 Å². The van der Waals surface area contributed by atoms with Crippen LogP contribution in [0.4, 0.5) is 5.69 Å². The van der Waals surface area contributed by atoms with Gasteiger partial charge >= 0.3 is 5.97 Å². The number of ether oxygens (including phenoxy) is 1. The van der Waals surface area contributed by atoms with Crippen molar-refractivity contribution in [3.8, 4) is 22.7 Å². The average Bonchev–Trinajstić information content (AvgIpc) is 3.10. The highest BCUT2D eigenvalue weighted by Gasteiger charge is 2.16. The number of hydrogen-bond acceptors (Lipinski definition) is 3. The van der Waals surface area contributed by atoms with E-state index in [9.17, 15) is 9.59 Å². The predicted molar refractivity (Wildman–Crippen MR) is 113 cm³/mol. The van der Waals surface area contributed by atoms with E-state index >= 15 is 0 Å². The zero-order valence-corrected chi connectivity index (χ0v) is 16.9. The van der Waals surface area contributed by atoms with E-state index in [1.54, 1.807) is 31.4 Å². The maximum atomic E-state index is 11.3. The quantitative estimate of drug-likeness (QED) is 0.585. The summed E-state index contributed by atoms with van der Waals surface area (Å²) in [4.78, 5) is 22.4. The van der Waals surface area contributed by atoms with Crippen LogP contribution in [0.2, 0.25) is 5.02 Å². The molecule has 0 radical (unpaired) electrons. The summed E-state index contributed by atoms with van der Waals surface area (Å²) in [6, 6.07) is 16.6. The monoisotopic (exact) mass is 412 g/mol. The van der Waals surface area contributed by atoms with Gasteiger partial charge in [0.1, 0.15) is 5.75 Å². The molecule has 0 spiro atoms. The first kappa shape index (κ1) is 20.5. The Morgan fingerprint density at radius 1 is 1.10 bits per heavy atom. The number of methoxy groups -OCH3 is 1. The molecule has 1 heterocycles. The average molecular weight is 413 g/mol. The molecule has 1 amide bonds. The summed E-state index contributed by atoms with van der Waals surface area (Å²) in [7, 11) is 1.58. The van der Waals surface area contributed by atoms with Gasteiger partial charge < -0.3 is 19.7 Å². The van der Waals surface area contributed by atoms with Gasteiger partial charge in [-0.05, 0) is 61.0 Å². The molecule has 0 unspecified atom stereocenters. The van der Waals surface area contributed by atoms with Crippen molar-refractivity contribution in [2.45, 2.75) is 19.8 Å². The Balaban J connectivity index is 2.11. The molecule has 6 nitrogen and oxygen atoms in total. The number of nitrogens with zero attached hydrogens (tertiary/aromatic N) is 1. The van der Waals surface area contributed by atoms with Gasteiger partial charge in [-0.3, -0.25) is 9.59 Å². The van der Waals surface area contributed by atoms with Crippen LogP contribution < -0.4 is 10.1 Å². The Labute approximate surface area is 173 Å². The summed E-state index contributed by atoms with van der Waals surface area (Å²) in [6.45, 7) is 1.45. The topological polar surface area (TPSA) is 80.6 Å². The highest BCUT2D eigenvalue weighted by atomic mass is 35.5. The van der Waals surface area contributed by atoms with Crippen molar-refractivity contribution in [1.29, 1.82) is 0 Å². The van der Waals surface area contributed by atoms with Gasteiger partial charge in [0.2, 0.25) is 5.91 Å². The second-order valence-electron chi connectivity index (χ2n) is 6.51. The fraction of sp³-hybridized carbons (Fsp3) is 0.182. The minimum Gasteiger partial charge on any atom is -0.496 e. The normalized spacial score (nSPS) is 10.6. The Morgan fingerprint density at radius 2 is 1.83 bits per heavy atom. The van der Waals surface area contributed by atoms with Crippen LogP contribution in [0.1, 0.15) is 19.0 Å². The summed E-state index contributed by atoms with van der Waals surface area (Å²) < 4.78 is 7.49. The molecule has 0 atom stereocenters. The van der Waals surface area contributed by atoms with Gasteiger partial charge in [-0.2, -0.15) is 0 Å². The predicted octanol–water partition coefficient (Wildman–Crippen LogP) is 4.78. The van der Waals surface area contributed by atoms with E-state index in [1.807, 2.05) is 34.9 Å². The summed E-state index contributed by atoms with van der Waals surface area (Å²) >= 11 is 6.10. The number of nitrogens with one attached hydrogen (secondary N) is 1. The summed E-state index contributed by atoms with van der Waals surface area (Å²) in [5.41, 5.74) is 4.07. The maximum absolute atomic E-state index is 11.3. The lowest BCUT2D eigenvalue weighted by atomic mass is 10.1. The van der Waals surface area contributed by atoms with E-state index in [4.69, 9.17) is 21.4 Å². The van der Waals surface area contributed by atoms with E-state index in [0.717, 1.165) is 22.6 Å². The Hall–Kier alpha value is -3.25. The smallest absolute Gasteiger partial charge is 0.303 e. The van der Waals surface area contributed by atoms with Crippen molar-refractivity contribution in [2.75, 3.05) is 12.4 Å². The van der Waals surface area contributed by atoms with Crippen molar-refractivity contribution >= 4 is 29.2 Å². The summed E-state index contributed by atoms with van der Waals surface area (Å²) in [6.07, 6.45) is 0.393. The molecule has 2 aromatic carbocycles. The van der Waals surface area contributed by atoms with Crippen LogP contribution in [0.15, 0.2) is 54.6 Å². The summed E-state index contributed by atoms with van der Waals surface area (Å²) in [5.74, 6) is -0.381. The van der Waals surface area contributed by atoms with Gasteiger partial charge in [0.05, 0.1) is 19.2 Å². The first-order valence-corrected chi connectivity index (χ1v) is 9.41. The number of carbonyl (C=O) groups excluding carboxylic acids is 1. The maximum Gasteiger partial charge on any atom is 0.303 e. The number of benzene rings is 2. The molecule has 0 aliphatic heterocycles. The number of carbonyl (C=O) groups is 2. The van der Waals surface area contributed by atoms with E-state index in [0.29, 0.717) is 22.9 Å². The Morgan fingerprint density at radius 3 is 2.45 bits per heavy atom. The van der Waals surface area contributed by atoms with Crippen molar-refractivity contribution in [2.24, 2.45) is 0 Å². The fourth-order valence-electron chi connectivity index (χ4n) is 3.20. The number of carboxylic acids is 1. The van der Waals surface area contributed by atoms with Crippen LogP contribution in [0.5, 0.6) is 5.75 Å². The van der Waals surface area contributed by atoms with Crippen LogP contribution in [-0.2, 0) is 16.0 Å². The molecule has 3 rings (SSSR count). The van der Waals surface area contributed by atoms with E-state index in [1.165, 1.54) is 6.92 Å². The first-order chi connectivity index (χ1) is 13.9. The van der Waals surface area contributed by atoms with Gasteiger partial charge in [0.25, 0.3) is 0 Å². The van der Waals surface area contributed by atoms with Gasteiger partial charge in [-0.25, -0.2) is 0 Å². The van der Waals surface area contributed by atoms with Gasteiger partial charge in [0.15, 0.2) is 0 Å². The summed E-state index contributed by atoms with van der Waals surface area (Å²) in [5, 5.41) is 12.4. The molecular weight excluding hydrogens is 392 g/mol. The largest absolute Gasteiger partial charge is 0.496 e. The van der Waals surface area contributed by atoms with Crippen LogP contribution in [0.3, 0.4) is 0 Å². The molecular formula is C22H21ClN2O4. The van der Waals surface area contributed by atoms with Gasteiger partial charge in [0, 0.05) is 34.6 Å². The number of aliphatic carboxylic acids is 1. The number of rotatable bonds is 7. The molecule has 0 fully saturated rings. The number of hydrogen-bond donors (Lipinski definition) is 2. The highest BCUT2D eigenvalue weighted by Crippen LogP contribution is 2.35. The molecule has 2 N–H and O–H groups in total. The first-order valence-electron chi connectivity index (χ1n) is 9.03. The molecule has 0 aliphatic carbocycles. The van der Waals surface area contributed by atoms with Gasteiger partial charge in [-0.15, -0.1) is 0 Å². The molecule has 29 heavy (non-hydrogen) atoms. The lowest BCUT2D eigenvalue weighted by Crippen LogP contribution is -2.07. The third-order valence-corrected chi connectivity index (χ3v) is 4.68. The van der Waals surface area contributed by atoms with Crippen LogP contribution >= 0.6 is 11.6 Å². The third-order valence-electron chi connectivity index (χ3n) is 4.44. The number of carboxylic acid groups (broad SMARTS) is 1. The third kappa shape index (κ3) is 4.78. The van der Waals surface area contributed by atoms with Crippen LogP contribution in [-0.4, -0.2) is 28.7 Å². The van der Waals surface area contributed by atoms with Crippen molar-refractivity contribution in [3.63, 3.8) is 0 Å². The second-order valence-corrected chi connectivity index (χ2v) is 6.95. The molecule has 1 aromatic heterocycles. The SMILES string of the molecule is COc1cc(Cl)ccc1-c1ccc(CCC(=O)O)n1-c1ccc(NC(C)=O)cc1. The number of aryl methyl sites for hydroxylation is 1. The fourth-order valence-corrected chi connectivity index (χ4v) is 3.36. The van der Waals surface area contributed by atoms with Crippen LogP contribution in [0, 0.1) is 0 Å². The van der Waals surface area contributed by atoms with Crippen molar-refractivity contribution < 1.29 is 19.4 Å². The molecule has 0 aliphatic rings. The Bertz CT molecular complexity index is 1040. The zero-order chi connectivity index (χ0) is 21.0. The molecule has 0 saturated carbocycles.